The summed E-state index contributed by atoms with van der Waals surface area (Å²) < 4.78 is 108. The molecule has 4 rings (SSSR count). The molecule has 0 aliphatic rings. The van der Waals surface area contributed by atoms with Gasteiger partial charge >= 0.3 is 156 Å². The third kappa shape index (κ3) is 14.9. The zero-order valence-corrected chi connectivity index (χ0v) is 31.6. The second-order valence-electron chi connectivity index (χ2n) is 11.9. The van der Waals surface area contributed by atoms with E-state index in [1.54, 1.807) is 60.7 Å². The van der Waals surface area contributed by atoms with Crippen LogP contribution in [0.25, 0.3) is 0 Å². The third-order valence-corrected chi connectivity index (χ3v) is 15.7. The van der Waals surface area contributed by atoms with Crippen molar-refractivity contribution < 1.29 is 62.6 Å². The molecule has 0 unspecified atom stereocenters. The standard InChI is InChI=1S/C20H26I.C13H10F3IO3S.BF4/c1-19(2,3)15-7-11-17(12-8-15)21-18-13-9-16(10-14-18)20(4,5)6;14-13(15,16)21(18,19)20-17(11-7-3-1-4-8-11)12-9-5-2-6-10-12;2-1(3,4)5/h7-14H,1-6H3;1-10H;/q+1;;-1. The molecule has 0 saturated carbocycles. The monoisotopic (exact) mass is 910 g/mol. The van der Waals surface area contributed by atoms with Gasteiger partial charge < -0.3 is 17.3 Å². The fourth-order valence-electron chi connectivity index (χ4n) is 3.53. The molecule has 0 N–H and O–H groups in total. The maximum absolute atomic E-state index is 12.5. The second-order valence-corrected chi connectivity index (χ2v) is 21.4. The molecule has 0 aliphatic carbocycles. The van der Waals surface area contributed by atoms with Gasteiger partial charge in [-0.2, -0.15) is 0 Å². The minimum atomic E-state index is -6.00. The van der Waals surface area contributed by atoms with E-state index >= 15 is 0 Å². The van der Waals surface area contributed by atoms with Gasteiger partial charge in [-0.05, 0) is 46.2 Å². The van der Waals surface area contributed by atoms with Gasteiger partial charge in [0.25, 0.3) is 0 Å². The van der Waals surface area contributed by atoms with Gasteiger partial charge in [-0.1, -0.05) is 65.8 Å². The Morgan fingerprint density at radius 3 is 1.13 bits per heavy atom. The fourth-order valence-corrected chi connectivity index (χ4v) is 12.2. The van der Waals surface area contributed by atoms with E-state index in [9.17, 15) is 38.9 Å². The summed E-state index contributed by atoms with van der Waals surface area (Å²) in [4.78, 5) is 0. The van der Waals surface area contributed by atoms with E-state index in [4.69, 9.17) is 0 Å². The van der Waals surface area contributed by atoms with Gasteiger partial charge in [0.2, 0.25) is 0 Å². The van der Waals surface area contributed by atoms with Crippen molar-refractivity contribution in [2.45, 2.75) is 57.9 Å². The SMILES string of the molecule is CC(C)(C)c1ccc([I+]c2ccc(C(C)(C)C)cc2)cc1.F[B-](F)(F)F.O=S(=O)(OI(c1ccccc1)c1ccccc1)C(F)(F)F. The summed E-state index contributed by atoms with van der Waals surface area (Å²) in [5.74, 6) is 0. The van der Waals surface area contributed by atoms with Gasteiger partial charge in [0, 0.05) is 0 Å². The van der Waals surface area contributed by atoms with Crippen molar-refractivity contribution in [1.82, 2.24) is 0 Å². The van der Waals surface area contributed by atoms with Crippen molar-refractivity contribution in [2.75, 3.05) is 0 Å². The maximum atomic E-state index is 12.5. The van der Waals surface area contributed by atoms with E-state index in [0.29, 0.717) is 7.14 Å². The Kier molecular flexibility index (Phi) is 14.8. The van der Waals surface area contributed by atoms with Crippen molar-refractivity contribution in [1.29, 1.82) is 0 Å². The van der Waals surface area contributed by atoms with Crippen molar-refractivity contribution in [3.8, 4) is 0 Å². The molecule has 0 atom stereocenters. The molecule has 4 aromatic rings. The van der Waals surface area contributed by atoms with Crippen LogP contribution in [0.15, 0.2) is 109 Å². The van der Waals surface area contributed by atoms with E-state index in [2.05, 4.69) is 92.6 Å². The molecule has 258 valence electrons. The van der Waals surface area contributed by atoms with Gasteiger partial charge in [-0.3, -0.25) is 0 Å². The molecule has 3 nitrogen and oxygen atoms in total. The first kappa shape index (κ1) is 41.0. The van der Waals surface area contributed by atoms with Crippen molar-refractivity contribution in [3.63, 3.8) is 0 Å². The van der Waals surface area contributed by atoms with Crippen LogP contribution in [0.2, 0.25) is 0 Å². The third-order valence-electron chi connectivity index (χ3n) is 5.93. The average molecular weight is 910 g/mol. The normalized spacial score (nSPS) is 12.7. The zero-order valence-electron chi connectivity index (χ0n) is 26.5. The van der Waals surface area contributed by atoms with Crippen LogP contribution in [0, 0.1) is 14.3 Å². The number of benzene rings is 4. The first-order valence-corrected chi connectivity index (χ1v) is 20.6. The Morgan fingerprint density at radius 1 is 0.574 bits per heavy atom. The summed E-state index contributed by atoms with van der Waals surface area (Å²) in [6.07, 6.45) is 0. The van der Waals surface area contributed by atoms with E-state index < -0.39 is 43.1 Å². The molecule has 0 spiro atoms. The van der Waals surface area contributed by atoms with Gasteiger partial charge in [0.1, 0.15) is 0 Å². The Labute approximate surface area is 290 Å². The minimum absolute atomic E-state index is 0.0703. The molecular weight excluding hydrogens is 874 g/mol. The Hall–Kier alpha value is -2.18. The molecule has 0 heterocycles. The summed E-state index contributed by atoms with van der Waals surface area (Å²) in [5.41, 5.74) is -2.11. The van der Waals surface area contributed by atoms with Crippen LogP contribution in [0.1, 0.15) is 52.7 Å². The summed E-state index contributed by atoms with van der Waals surface area (Å²) >= 11 is -3.26. The summed E-state index contributed by atoms with van der Waals surface area (Å²) in [6.45, 7) is 13.6. The molecule has 0 saturated heterocycles. The predicted octanol–water partition coefficient (Wildman–Crippen LogP) is 7.72. The molecule has 0 amide bonds. The molecule has 0 fully saturated rings. The Balaban J connectivity index is 0.000000286. The summed E-state index contributed by atoms with van der Waals surface area (Å²) in [6, 6.07) is 34.6. The topological polar surface area (TPSA) is 43.4 Å². The average Bonchev–Trinajstić information content (AvgIpc) is 2.95. The zero-order chi connectivity index (χ0) is 35.7. The van der Waals surface area contributed by atoms with E-state index in [0.717, 1.165) is 0 Å². The van der Waals surface area contributed by atoms with Crippen LogP contribution in [-0.4, -0.2) is 21.2 Å². The molecule has 0 bridgehead atoms. The molecule has 0 aliphatic heterocycles. The van der Waals surface area contributed by atoms with Gasteiger partial charge in [0.15, 0.2) is 7.14 Å². The van der Waals surface area contributed by atoms with Crippen LogP contribution in [0.4, 0.5) is 30.4 Å². The first-order chi connectivity index (χ1) is 21.5. The predicted molar refractivity (Wildman–Crippen MR) is 178 cm³/mol. The van der Waals surface area contributed by atoms with Gasteiger partial charge in [0.05, 0.1) is 0 Å². The molecule has 4 aromatic carbocycles. The molecule has 14 heteroatoms. The molecule has 47 heavy (non-hydrogen) atoms. The van der Waals surface area contributed by atoms with E-state index in [-0.39, 0.29) is 32.0 Å². The summed E-state index contributed by atoms with van der Waals surface area (Å²) in [7, 11) is -11.6. The Bertz CT molecular complexity index is 1520. The van der Waals surface area contributed by atoms with Crippen molar-refractivity contribution >= 4 is 37.6 Å². The van der Waals surface area contributed by atoms with Crippen molar-refractivity contribution in [2.24, 2.45) is 0 Å². The molecular formula is C33H36BF7I2O3S. The Morgan fingerprint density at radius 2 is 0.872 bits per heavy atom. The summed E-state index contributed by atoms with van der Waals surface area (Å²) in [5, 5.41) is 0. The second kappa shape index (κ2) is 17.0. The van der Waals surface area contributed by atoms with Crippen LogP contribution >= 0.6 is 20.2 Å². The van der Waals surface area contributed by atoms with E-state index in [1.165, 1.54) is 18.3 Å². The van der Waals surface area contributed by atoms with Crippen LogP contribution in [0.5, 0.6) is 0 Å². The molecule has 0 aromatic heterocycles. The van der Waals surface area contributed by atoms with Crippen LogP contribution < -0.4 is 21.2 Å². The van der Waals surface area contributed by atoms with E-state index in [1.807, 2.05) is 0 Å². The number of halogens is 9. The number of alkyl halides is 3. The quantitative estimate of drug-likeness (QED) is 0.0863. The number of rotatable bonds is 6. The number of hydrogen-bond acceptors (Lipinski definition) is 3. The van der Waals surface area contributed by atoms with Crippen LogP contribution in [-0.2, 0) is 23.5 Å². The molecule has 0 radical (unpaired) electrons. The van der Waals surface area contributed by atoms with Crippen molar-refractivity contribution in [3.05, 3.63) is 135 Å². The van der Waals surface area contributed by atoms with Gasteiger partial charge in [-0.15, -0.1) is 0 Å². The number of hydrogen-bond donors (Lipinski definition) is 0. The van der Waals surface area contributed by atoms with Crippen LogP contribution in [0.3, 0.4) is 0 Å². The first-order valence-electron chi connectivity index (χ1n) is 14.0. The fraction of sp³-hybridized carbons (Fsp3) is 0.273. The van der Waals surface area contributed by atoms with Gasteiger partial charge in [-0.25, -0.2) is 0 Å².